The summed E-state index contributed by atoms with van der Waals surface area (Å²) in [5.74, 6) is -0.277. The van der Waals surface area contributed by atoms with Gasteiger partial charge in [0.25, 0.3) is 5.56 Å². The Balaban J connectivity index is 2.51. The van der Waals surface area contributed by atoms with Crippen LogP contribution in [0.4, 0.5) is 4.39 Å². The molecular formula is C13H14FNO. The zero-order valence-corrected chi connectivity index (χ0v) is 9.22. The van der Waals surface area contributed by atoms with Crippen LogP contribution in [0.3, 0.4) is 0 Å². The second-order valence-corrected chi connectivity index (χ2v) is 3.96. The lowest BCUT2D eigenvalue weighted by Gasteiger charge is -2.02. The molecule has 0 radical (unpaired) electrons. The lowest BCUT2D eigenvalue weighted by atomic mass is 10.1. The number of halogens is 1. The highest BCUT2D eigenvalue weighted by molar-refractivity contribution is 5.78. The van der Waals surface area contributed by atoms with Gasteiger partial charge < -0.3 is 4.98 Å². The van der Waals surface area contributed by atoms with E-state index in [-0.39, 0.29) is 11.4 Å². The molecule has 1 N–H and O–H groups in total. The van der Waals surface area contributed by atoms with E-state index in [1.165, 1.54) is 12.1 Å². The van der Waals surface area contributed by atoms with Gasteiger partial charge in [-0.15, -0.1) is 0 Å². The van der Waals surface area contributed by atoms with Gasteiger partial charge in [-0.1, -0.05) is 13.3 Å². The molecule has 1 heterocycles. The third-order valence-corrected chi connectivity index (χ3v) is 2.68. The largest absolute Gasteiger partial charge is 0.322 e. The number of hydrogen-bond donors (Lipinski definition) is 1. The number of pyridine rings is 1. The third kappa shape index (κ3) is 2.13. The van der Waals surface area contributed by atoms with E-state index in [0.29, 0.717) is 5.52 Å². The van der Waals surface area contributed by atoms with E-state index in [1.54, 1.807) is 12.1 Å². The summed E-state index contributed by atoms with van der Waals surface area (Å²) >= 11 is 0. The molecule has 0 unspecified atom stereocenters. The number of benzene rings is 1. The molecule has 0 amide bonds. The Morgan fingerprint density at radius 3 is 2.88 bits per heavy atom. The summed E-state index contributed by atoms with van der Waals surface area (Å²) in [7, 11) is 0. The molecule has 3 heteroatoms. The van der Waals surface area contributed by atoms with E-state index in [2.05, 4.69) is 11.9 Å². The number of rotatable bonds is 3. The summed E-state index contributed by atoms with van der Waals surface area (Å²) in [6.07, 6.45) is 2.77. The van der Waals surface area contributed by atoms with Crippen LogP contribution in [-0.4, -0.2) is 4.98 Å². The van der Waals surface area contributed by atoms with Crippen molar-refractivity contribution in [2.45, 2.75) is 26.2 Å². The SMILES string of the molecule is CCCCc1cc2cc(F)ccc2[nH]c1=O. The molecule has 0 atom stereocenters. The number of H-pyrrole nitrogens is 1. The summed E-state index contributed by atoms with van der Waals surface area (Å²) in [6, 6.07) is 6.17. The van der Waals surface area contributed by atoms with Crippen LogP contribution >= 0.6 is 0 Å². The minimum absolute atomic E-state index is 0.0624. The van der Waals surface area contributed by atoms with Crippen LogP contribution < -0.4 is 5.56 Å². The number of aryl methyl sites for hydroxylation is 1. The van der Waals surface area contributed by atoms with Crippen molar-refractivity contribution in [1.82, 2.24) is 4.98 Å². The fourth-order valence-electron chi connectivity index (χ4n) is 1.78. The highest BCUT2D eigenvalue weighted by Crippen LogP contribution is 2.13. The average Bonchev–Trinajstić information content (AvgIpc) is 2.27. The Morgan fingerprint density at radius 2 is 2.12 bits per heavy atom. The minimum atomic E-state index is -0.277. The van der Waals surface area contributed by atoms with Crippen molar-refractivity contribution in [2.24, 2.45) is 0 Å². The Morgan fingerprint density at radius 1 is 1.31 bits per heavy atom. The second-order valence-electron chi connectivity index (χ2n) is 3.96. The summed E-state index contributed by atoms with van der Waals surface area (Å²) in [5.41, 5.74) is 1.36. The van der Waals surface area contributed by atoms with E-state index in [0.717, 1.165) is 30.2 Å². The third-order valence-electron chi connectivity index (χ3n) is 2.68. The van der Waals surface area contributed by atoms with Gasteiger partial charge in [-0.2, -0.15) is 0 Å². The summed E-state index contributed by atoms with van der Waals surface area (Å²) in [6.45, 7) is 2.08. The number of aromatic nitrogens is 1. The van der Waals surface area contributed by atoms with Gasteiger partial charge in [0, 0.05) is 16.5 Å². The first-order chi connectivity index (χ1) is 7.70. The van der Waals surface area contributed by atoms with Crippen LogP contribution in [-0.2, 0) is 6.42 Å². The first-order valence-electron chi connectivity index (χ1n) is 5.52. The zero-order valence-electron chi connectivity index (χ0n) is 9.22. The van der Waals surface area contributed by atoms with E-state index in [9.17, 15) is 9.18 Å². The number of unbranched alkanes of at least 4 members (excludes halogenated alkanes) is 1. The van der Waals surface area contributed by atoms with E-state index in [1.807, 2.05) is 0 Å². The van der Waals surface area contributed by atoms with Gasteiger partial charge in [0.1, 0.15) is 5.82 Å². The monoisotopic (exact) mass is 219 g/mol. The smallest absolute Gasteiger partial charge is 0.251 e. The van der Waals surface area contributed by atoms with Crippen molar-refractivity contribution in [3.05, 3.63) is 46.0 Å². The molecule has 0 saturated carbocycles. The molecule has 1 aromatic carbocycles. The van der Waals surface area contributed by atoms with Crippen molar-refractivity contribution in [1.29, 1.82) is 0 Å². The molecule has 0 aliphatic rings. The van der Waals surface area contributed by atoms with Crippen molar-refractivity contribution in [2.75, 3.05) is 0 Å². The molecule has 0 fully saturated rings. The number of fused-ring (bicyclic) bond motifs is 1. The first kappa shape index (κ1) is 10.9. The molecule has 0 spiro atoms. The normalized spacial score (nSPS) is 10.9. The number of nitrogens with one attached hydrogen (secondary N) is 1. The van der Waals surface area contributed by atoms with Gasteiger partial charge in [-0.05, 0) is 37.1 Å². The Kier molecular flexibility index (Phi) is 3.04. The maximum atomic E-state index is 13.0. The number of hydrogen-bond acceptors (Lipinski definition) is 1. The average molecular weight is 219 g/mol. The highest BCUT2D eigenvalue weighted by Gasteiger charge is 2.03. The molecule has 0 saturated heterocycles. The fourth-order valence-corrected chi connectivity index (χ4v) is 1.78. The van der Waals surface area contributed by atoms with Gasteiger partial charge >= 0.3 is 0 Å². The fraction of sp³-hybridized carbons (Fsp3) is 0.308. The van der Waals surface area contributed by atoms with Gasteiger partial charge in [-0.25, -0.2) is 4.39 Å². The van der Waals surface area contributed by atoms with Gasteiger partial charge in [0.2, 0.25) is 0 Å². The quantitative estimate of drug-likeness (QED) is 0.845. The van der Waals surface area contributed by atoms with Crippen LogP contribution in [0.5, 0.6) is 0 Å². The predicted molar refractivity (Wildman–Crippen MR) is 63.1 cm³/mol. The Hall–Kier alpha value is -1.64. The molecule has 16 heavy (non-hydrogen) atoms. The number of aromatic amines is 1. The van der Waals surface area contributed by atoms with Crippen molar-refractivity contribution in [3.8, 4) is 0 Å². The van der Waals surface area contributed by atoms with E-state index < -0.39 is 0 Å². The second kappa shape index (κ2) is 4.47. The van der Waals surface area contributed by atoms with Crippen LogP contribution in [0.15, 0.2) is 29.1 Å². The van der Waals surface area contributed by atoms with E-state index in [4.69, 9.17) is 0 Å². The molecule has 2 nitrogen and oxygen atoms in total. The molecule has 0 bridgehead atoms. The van der Waals surface area contributed by atoms with Gasteiger partial charge in [-0.3, -0.25) is 4.79 Å². The Bertz CT molecular complexity index is 559. The summed E-state index contributed by atoms with van der Waals surface area (Å²) in [4.78, 5) is 14.4. The van der Waals surface area contributed by atoms with Crippen molar-refractivity contribution in [3.63, 3.8) is 0 Å². The van der Waals surface area contributed by atoms with Gasteiger partial charge in [0.15, 0.2) is 0 Å². The molecule has 2 rings (SSSR count). The maximum absolute atomic E-state index is 13.0. The summed E-state index contributed by atoms with van der Waals surface area (Å²) in [5, 5.41) is 0.755. The van der Waals surface area contributed by atoms with Crippen molar-refractivity contribution < 1.29 is 4.39 Å². The predicted octanol–water partition coefficient (Wildman–Crippen LogP) is 3.01. The highest BCUT2D eigenvalue weighted by atomic mass is 19.1. The lowest BCUT2D eigenvalue weighted by molar-refractivity contribution is 0.629. The van der Waals surface area contributed by atoms with E-state index >= 15 is 0 Å². The lowest BCUT2D eigenvalue weighted by Crippen LogP contribution is -2.12. The van der Waals surface area contributed by atoms with Crippen LogP contribution in [0.25, 0.3) is 10.9 Å². The molecule has 1 aromatic heterocycles. The zero-order chi connectivity index (χ0) is 11.5. The Labute approximate surface area is 93.1 Å². The molecule has 0 aliphatic carbocycles. The topological polar surface area (TPSA) is 32.9 Å². The molecular weight excluding hydrogens is 205 g/mol. The summed E-state index contributed by atoms with van der Waals surface area (Å²) < 4.78 is 13.0. The molecule has 2 aromatic rings. The minimum Gasteiger partial charge on any atom is -0.322 e. The van der Waals surface area contributed by atoms with Gasteiger partial charge in [0.05, 0.1) is 0 Å². The van der Waals surface area contributed by atoms with Crippen LogP contribution in [0, 0.1) is 5.82 Å². The standard InChI is InChI=1S/C13H14FNO/c1-2-3-4-9-7-10-8-11(14)5-6-12(10)15-13(9)16/h5-8H,2-4H2,1H3,(H,15,16). The molecule has 84 valence electrons. The first-order valence-corrected chi connectivity index (χ1v) is 5.52. The van der Waals surface area contributed by atoms with Crippen LogP contribution in [0.2, 0.25) is 0 Å². The van der Waals surface area contributed by atoms with Crippen LogP contribution in [0.1, 0.15) is 25.3 Å². The maximum Gasteiger partial charge on any atom is 0.251 e. The van der Waals surface area contributed by atoms with Crippen molar-refractivity contribution >= 4 is 10.9 Å². The molecule has 0 aliphatic heterocycles.